The van der Waals surface area contributed by atoms with Crippen molar-refractivity contribution in [3.63, 3.8) is 0 Å². The monoisotopic (exact) mass is 330 g/mol. The molecule has 0 aliphatic rings. The largest absolute Gasteiger partial charge is 0.480 e. The zero-order valence-corrected chi connectivity index (χ0v) is 12.4. The summed E-state index contributed by atoms with van der Waals surface area (Å²) >= 11 is 1.16. The molecule has 0 bridgehead atoms. The van der Waals surface area contributed by atoms with E-state index in [1.807, 2.05) is 6.07 Å². The Kier molecular flexibility index (Phi) is 3.94. The number of hydrogen-bond acceptors (Lipinski definition) is 6. The molecule has 0 saturated heterocycles. The number of fused-ring (bicyclic) bond motifs is 1. The van der Waals surface area contributed by atoms with Crippen molar-refractivity contribution in [1.82, 2.24) is 14.5 Å². The first-order valence-electron chi connectivity index (χ1n) is 6.50. The maximum atomic E-state index is 11.1. The summed E-state index contributed by atoms with van der Waals surface area (Å²) in [5.74, 6) is -0.980. The summed E-state index contributed by atoms with van der Waals surface area (Å²) in [5, 5.41) is 20.7. The summed E-state index contributed by atoms with van der Waals surface area (Å²) in [6, 6.07) is 10.1. The van der Waals surface area contributed by atoms with Crippen molar-refractivity contribution < 1.29 is 14.8 Å². The van der Waals surface area contributed by atoms with Gasteiger partial charge < -0.3 is 9.67 Å². The average Bonchev–Trinajstić information content (AvgIpc) is 2.85. The lowest BCUT2D eigenvalue weighted by atomic mass is 10.3. The Labute approximate surface area is 133 Å². The molecular formula is C14H10N4O4S. The van der Waals surface area contributed by atoms with Crippen LogP contribution in [0.2, 0.25) is 0 Å². The molecule has 0 aliphatic carbocycles. The lowest BCUT2D eigenvalue weighted by Gasteiger charge is -2.05. The summed E-state index contributed by atoms with van der Waals surface area (Å²) in [5.41, 5.74) is 1.28. The molecule has 23 heavy (non-hydrogen) atoms. The minimum Gasteiger partial charge on any atom is -0.480 e. The van der Waals surface area contributed by atoms with Crippen molar-refractivity contribution in [2.45, 2.75) is 16.7 Å². The maximum absolute atomic E-state index is 11.1. The Hall–Kier alpha value is -2.94. The third-order valence-electron chi connectivity index (χ3n) is 3.04. The second-order valence-electron chi connectivity index (χ2n) is 4.58. The van der Waals surface area contributed by atoms with Crippen LogP contribution in [0.3, 0.4) is 0 Å². The summed E-state index contributed by atoms with van der Waals surface area (Å²) in [4.78, 5) is 29.6. The summed E-state index contributed by atoms with van der Waals surface area (Å²) in [6.45, 7) is -0.226. The molecule has 0 spiro atoms. The topological polar surface area (TPSA) is 111 Å². The molecule has 0 amide bonds. The van der Waals surface area contributed by atoms with Gasteiger partial charge in [-0.1, -0.05) is 12.1 Å². The van der Waals surface area contributed by atoms with Gasteiger partial charge in [-0.25, -0.2) is 9.97 Å². The lowest BCUT2D eigenvalue weighted by Crippen LogP contribution is -2.09. The fourth-order valence-electron chi connectivity index (χ4n) is 2.05. The highest BCUT2D eigenvalue weighted by molar-refractivity contribution is 7.99. The smallest absolute Gasteiger partial charge is 0.323 e. The lowest BCUT2D eigenvalue weighted by molar-refractivity contribution is -0.385. The number of hydrogen-bond donors (Lipinski definition) is 1. The number of imidazole rings is 1. The molecule has 116 valence electrons. The highest BCUT2D eigenvalue weighted by Crippen LogP contribution is 2.29. The van der Waals surface area contributed by atoms with Crippen LogP contribution in [-0.4, -0.2) is 30.5 Å². The highest BCUT2D eigenvalue weighted by Gasteiger charge is 2.15. The number of pyridine rings is 1. The van der Waals surface area contributed by atoms with Crippen LogP contribution in [0.5, 0.6) is 0 Å². The van der Waals surface area contributed by atoms with Gasteiger partial charge in [-0.2, -0.15) is 0 Å². The van der Waals surface area contributed by atoms with Crippen molar-refractivity contribution in [1.29, 1.82) is 0 Å². The third-order valence-corrected chi connectivity index (χ3v) is 3.99. The van der Waals surface area contributed by atoms with E-state index >= 15 is 0 Å². The summed E-state index contributed by atoms with van der Waals surface area (Å²) in [7, 11) is 0. The van der Waals surface area contributed by atoms with Crippen molar-refractivity contribution in [2.75, 3.05) is 0 Å². The molecule has 0 aliphatic heterocycles. The van der Waals surface area contributed by atoms with Crippen LogP contribution in [0.25, 0.3) is 11.0 Å². The minimum absolute atomic E-state index is 0.103. The van der Waals surface area contributed by atoms with E-state index < -0.39 is 10.9 Å². The number of nitro groups is 1. The van der Waals surface area contributed by atoms with E-state index in [4.69, 9.17) is 5.11 Å². The maximum Gasteiger partial charge on any atom is 0.323 e. The van der Waals surface area contributed by atoms with Crippen LogP contribution < -0.4 is 0 Å². The van der Waals surface area contributed by atoms with Gasteiger partial charge in [0.05, 0.1) is 16.0 Å². The fourth-order valence-corrected chi connectivity index (χ4v) is 2.90. The van der Waals surface area contributed by atoms with E-state index in [0.717, 1.165) is 18.0 Å². The molecule has 0 unspecified atom stereocenters. The molecule has 0 saturated carbocycles. The summed E-state index contributed by atoms with van der Waals surface area (Å²) < 4.78 is 1.57. The fraction of sp³-hybridized carbons (Fsp3) is 0.0714. The third kappa shape index (κ3) is 3.14. The van der Waals surface area contributed by atoms with Gasteiger partial charge >= 0.3 is 5.97 Å². The molecule has 0 fully saturated rings. The van der Waals surface area contributed by atoms with Crippen LogP contribution in [-0.2, 0) is 11.3 Å². The molecule has 8 nitrogen and oxygen atoms in total. The first-order valence-corrected chi connectivity index (χ1v) is 7.31. The number of carboxylic acid groups (broad SMARTS) is 1. The standard InChI is InChI=1S/C14H10N4O4S/c19-13(20)8-17-11-4-2-1-3-10(11)16-14(17)23-12-6-5-9(7-15-12)18(21)22/h1-7H,8H2,(H,19,20). The first kappa shape index (κ1) is 15.0. The van der Waals surface area contributed by atoms with Gasteiger partial charge in [-0.3, -0.25) is 14.9 Å². The second-order valence-corrected chi connectivity index (χ2v) is 5.56. The molecule has 3 aromatic rings. The van der Waals surface area contributed by atoms with Crippen LogP contribution in [0, 0.1) is 10.1 Å². The normalized spacial score (nSPS) is 10.8. The number of nitrogens with zero attached hydrogens (tertiary/aromatic N) is 4. The Morgan fingerprint density at radius 1 is 1.30 bits per heavy atom. The SMILES string of the molecule is O=C(O)Cn1c(Sc2ccc([N+](=O)[O-])cn2)nc2ccccc21. The van der Waals surface area contributed by atoms with Gasteiger partial charge in [0.1, 0.15) is 17.8 Å². The van der Waals surface area contributed by atoms with Gasteiger partial charge in [-0.15, -0.1) is 0 Å². The zero-order chi connectivity index (χ0) is 16.4. The number of carboxylic acids is 1. The number of carbonyl (C=O) groups is 1. The van der Waals surface area contributed by atoms with Gasteiger partial charge in [0.2, 0.25) is 0 Å². The van der Waals surface area contributed by atoms with Crippen LogP contribution >= 0.6 is 11.8 Å². The molecule has 1 aromatic carbocycles. The van der Waals surface area contributed by atoms with Crippen LogP contribution in [0.1, 0.15) is 0 Å². The number of rotatable bonds is 5. The Morgan fingerprint density at radius 2 is 2.09 bits per heavy atom. The first-order chi connectivity index (χ1) is 11.0. The van der Waals surface area contributed by atoms with E-state index in [9.17, 15) is 14.9 Å². The van der Waals surface area contributed by atoms with E-state index in [0.29, 0.717) is 21.2 Å². The molecule has 3 rings (SSSR count). The molecule has 9 heteroatoms. The van der Waals surface area contributed by atoms with Gasteiger partial charge in [0.25, 0.3) is 5.69 Å². The van der Waals surface area contributed by atoms with Gasteiger partial charge in [0.15, 0.2) is 5.16 Å². The molecule has 1 N–H and O–H groups in total. The summed E-state index contributed by atoms with van der Waals surface area (Å²) in [6.07, 6.45) is 1.16. The molecular weight excluding hydrogens is 320 g/mol. The minimum atomic E-state index is -0.980. The van der Waals surface area contributed by atoms with Crippen molar-refractivity contribution in [3.8, 4) is 0 Å². The van der Waals surface area contributed by atoms with E-state index in [2.05, 4.69) is 9.97 Å². The van der Waals surface area contributed by atoms with E-state index in [1.165, 1.54) is 12.1 Å². The average molecular weight is 330 g/mol. The van der Waals surface area contributed by atoms with Crippen molar-refractivity contribution >= 4 is 34.5 Å². The molecule has 0 atom stereocenters. The van der Waals surface area contributed by atoms with Crippen LogP contribution in [0.4, 0.5) is 5.69 Å². The quantitative estimate of drug-likeness (QED) is 0.565. The Bertz CT molecular complexity index is 891. The number of aromatic nitrogens is 3. The second kappa shape index (κ2) is 6.05. The predicted octanol–water partition coefficient (Wildman–Crippen LogP) is 2.58. The van der Waals surface area contributed by atoms with Crippen LogP contribution in [0.15, 0.2) is 52.8 Å². The molecule has 0 radical (unpaired) electrons. The van der Waals surface area contributed by atoms with E-state index in [1.54, 1.807) is 22.8 Å². The predicted molar refractivity (Wildman–Crippen MR) is 82.4 cm³/mol. The Morgan fingerprint density at radius 3 is 2.74 bits per heavy atom. The zero-order valence-electron chi connectivity index (χ0n) is 11.6. The van der Waals surface area contributed by atoms with Crippen molar-refractivity contribution in [2.24, 2.45) is 0 Å². The van der Waals surface area contributed by atoms with Gasteiger partial charge in [-0.05, 0) is 30.0 Å². The molecule has 2 heterocycles. The highest BCUT2D eigenvalue weighted by atomic mass is 32.2. The number of para-hydroxylation sites is 2. The molecule has 2 aromatic heterocycles. The number of benzene rings is 1. The van der Waals surface area contributed by atoms with E-state index in [-0.39, 0.29) is 12.2 Å². The van der Waals surface area contributed by atoms with Gasteiger partial charge in [0, 0.05) is 6.07 Å². The Balaban J connectivity index is 1.98. The van der Waals surface area contributed by atoms with Crippen molar-refractivity contribution in [3.05, 3.63) is 52.7 Å². The number of aliphatic carboxylic acids is 1.